The molecule has 36 heavy (non-hydrogen) atoms. The van der Waals surface area contributed by atoms with E-state index in [0.29, 0.717) is 23.8 Å². The second-order valence-corrected chi connectivity index (χ2v) is 8.28. The Morgan fingerprint density at radius 3 is 2.53 bits per heavy atom. The number of carboxylic acids is 1. The first-order valence-electron chi connectivity index (χ1n) is 11.2. The van der Waals surface area contributed by atoms with E-state index in [9.17, 15) is 14.7 Å². The summed E-state index contributed by atoms with van der Waals surface area (Å²) in [5.74, 6) is -0.522. The number of aromatic nitrogens is 4. The van der Waals surface area contributed by atoms with Crippen LogP contribution >= 0.6 is 0 Å². The van der Waals surface area contributed by atoms with Crippen molar-refractivity contribution in [2.24, 2.45) is 0 Å². The second-order valence-electron chi connectivity index (χ2n) is 8.28. The molecule has 5 rings (SSSR count). The summed E-state index contributed by atoms with van der Waals surface area (Å²) in [6.07, 6.45) is 0.750. The van der Waals surface area contributed by atoms with Crippen molar-refractivity contribution in [3.8, 4) is 11.3 Å². The zero-order chi connectivity index (χ0) is 24.4. The summed E-state index contributed by atoms with van der Waals surface area (Å²) in [5.41, 5.74) is 11.3. The number of nitrogens with two attached hydrogens (primary N) is 1. The van der Waals surface area contributed by atoms with Crippen LogP contribution in [0.15, 0.2) is 89.7 Å². The van der Waals surface area contributed by atoms with Crippen molar-refractivity contribution in [2.75, 3.05) is 5.73 Å². The first-order valence-corrected chi connectivity index (χ1v) is 11.2. The summed E-state index contributed by atoms with van der Waals surface area (Å²) in [6.45, 7) is 0.864. The van der Waals surface area contributed by atoms with E-state index in [1.165, 1.54) is 16.8 Å². The Bertz CT molecular complexity index is 1610. The molecule has 0 saturated heterocycles. The fourth-order valence-electron chi connectivity index (χ4n) is 4.15. The van der Waals surface area contributed by atoms with Gasteiger partial charge in [0.2, 0.25) is 5.95 Å². The molecular weight excluding hydrogens is 449 g/mol. The van der Waals surface area contributed by atoms with Crippen LogP contribution in [0.2, 0.25) is 0 Å². The number of benzene rings is 3. The first-order chi connectivity index (χ1) is 17.0. The van der Waals surface area contributed by atoms with E-state index in [0.717, 1.165) is 28.6 Å². The molecule has 2 heterocycles. The molecule has 0 fully saturated rings. The molecule has 0 amide bonds. The molecule has 0 spiro atoms. The fraction of sp³-hybridized carbons (Fsp3) is 0.111. The molecule has 0 bridgehead atoms. The van der Waals surface area contributed by atoms with Crippen molar-refractivity contribution < 1.29 is 9.90 Å². The summed E-state index contributed by atoms with van der Waals surface area (Å²) in [4.78, 5) is 28.1. The number of nitrogen functional groups attached to an aromatic ring is 1. The number of carboxylic acid groups (broad SMARTS) is 1. The van der Waals surface area contributed by atoms with Gasteiger partial charge < -0.3 is 15.4 Å². The normalized spacial score (nSPS) is 10.8. The molecule has 0 atom stereocenters. The molecule has 0 aliphatic rings. The van der Waals surface area contributed by atoms with Gasteiger partial charge in [-0.05, 0) is 53.9 Å². The average Bonchev–Trinajstić information content (AvgIpc) is 3.19. The maximum atomic E-state index is 12.4. The maximum absolute atomic E-state index is 12.4. The van der Waals surface area contributed by atoms with Gasteiger partial charge in [-0.15, -0.1) is 0 Å². The van der Waals surface area contributed by atoms with Gasteiger partial charge in [0, 0.05) is 18.2 Å². The molecule has 3 aromatic carbocycles. The standard InChI is InChI=1S/C27H23N5O3.Li.H/c28-27-29-23-9-1-2-10-24(23)31(27)14-13-18-5-3-7-20(15-18)22-11-12-25(33)32(30-22)17-19-6-4-8-21(16-19)26(34)35;;/h1-12,15-16H,13-14,17H2,(H2,28,29)(H,34,35);;. The molecule has 5 aromatic rings. The van der Waals surface area contributed by atoms with Crippen LogP contribution in [0.1, 0.15) is 21.5 Å². The Hall–Kier alpha value is -4.12. The van der Waals surface area contributed by atoms with Gasteiger partial charge in [-0.1, -0.05) is 42.5 Å². The first kappa shape index (κ1) is 25.0. The van der Waals surface area contributed by atoms with Crippen LogP contribution in [0, 0.1) is 0 Å². The Morgan fingerprint density at radius 1 is 0.917 bits per heavy atom. The molecule has 3 N–H and O–H groups in total. The molecule has 176 valence electrons. The summed E-state index contributed by atoms with van der Waals surface area (Å²) < 4.78 is 3.35. The van der Waals surface area contributed by atoms with Crippen LogP contribution in [-0.4, -0.2) is 49.3 Å². The van der Waals surface area contributed by atoms with Crippen molar-refractivity contribution in [2.45, 2.75) is 19.5 Å². The fourth-order valence-corrected chi connectivity index (χ4v) is 4.15. The van der Waals surface area contributed by atoms with Crippen molar-refractivity contribution in [1.29, 1.82) is 0 Å². The number of rotatable bonds is 7. The number of nitrogens with zero attached hydrogens (tertiary/aromatic N) is 4. The van der Waals surface area contributed by atoms with E-state index >= 15 is 0 Å². The molecule has 0 saturated carbocycles. The third-order valence-corrected chi connectivity index (χ3v) is 5.90. The second kappa shape index (κ2) is 10.6. The van der Waals surface area contributed by atoms with Crippen LogP contribution in [0.5, 0.6) is 0 Å². The van der Waals surface area contributed by atoms with Crippen molar-refractivity contribution in [1.82, 2.24) is 19.3 Å². The molecule has 0 aliphatic heterocycles. The van der Waals surface area contributed by atoms with E-state index in [4.69, 9.17) is 5.73 Å². The number of imidazole rings is 1. The third kappa shape index (κ3) is 5.25. The van der Waals surface area contributed by atoms with Crippen molar-refractivity contribution in [3.05, 3.63) is 112 Å². The molecular formula is C27H24LiN5O3. The number of carbonyl (C=O) groups is 1. The monoisotopic (exact) mass is 473 g/mol. The molecule has 9 heteroatoms. The quantitative estimate of drug-likeness (QED) is 0.351. The average molecular weight is 473 g/mol. The summed E-state index contributed by atoms with van der Waals surface area (Å²) in [5, 5.41) is 13.8. The molecule has 2 aromatic heterocycles. The summed E-state index contributed by atoms with van der Waals surface area (Å²) >= 11 is 0. The third-order valence-electron chi connectivity index (χ3n) is 5.90. The summed E-state index contributed by atoms with van der Waals surface area (Å²) in [7, 11) is 0. The van der Waals surface area contributed by atoms with Gasteiger partial charge in [0.1, 0.15) is 0 Å². The van der Waals surface area contributed by atoms with Crippen LogP contribution in [0.4, 0.5) is 5.95 Å². The van der Waals surface area contributed by atoms with Gasteiger partial charge >= 0.3 is 24.8 Å². The van der Waals surface area contributed by atoms with Crippen LogP contribution in [0.25, 0.3) is 22.3 Å². The molecule has 0 radical (unpaired) electrons. The number of aromatic carboxylic acids is 1. The van der Waals surface area contributed by atoms with Crippen LogP contribution in [-0.2, 0) is 19.5 Å². The van der Waals surface area contributed by atoms with Crippen LogP contribution < -0.4 is 11.3 Å². The zero-order valence-electron chi connectivity index (χ0n) is 18.8. The molecule has 0 aliphatic carbocycles. The number of fused-ring (bicyclic) bond motifs is 1. The predicted octanol–water partition coefficient (Wildman–Crippen LogP) is 3.18. The van der Waals surface area contributed by atoms with Gasteiger partial charge in [-0.3, -0.25) is 4.79 Å². The molecule has 0 unspecified atom stereocenters. The van der Waals surface area contributed by atoms with E-state index in [1.54, 1.807) is 24.3 Å². The Labute approximate surface area is 219 Å². The van der Waals surface area contributed by atoms with E-state index in [-0.39, 0.29) is 36.5 Å². The van der Waals surface area contributed by atoms with Gasteiger partial charge in [0.25, 0.3) is 5.56 Å². The Morgan fingerprint density at radius 2 is 1.69 bits per heavy atom. The van der Waals surface area contributed by atoms with Crippen molar-refractivity contribution in [3.63, 3.8) is 0 Å². The number of hydrogen-bond donors (Lipinski definition) is 2. The Balaban J connectivity index is 0.00000304. The van der Waals surface area contributed by atoms with Crippen LogP contribution in [0.3, 0.4) is 0 Å². The number of hydrogen-bond acceptors (Lipinski definition) is 5. The minimum absolute atomic E-state index is 0. The van der Waals surface area contributed by atoms with Crippen molar-refractivity contribution >= 4 is 41.8 Å². The van der Waals surface area contributed by atoms with E-state index < -0.39 is 5.97 Å². The van der Waals surface area contributed by atoms with Gasteiger partial charge in [-0.2, -0.15) is 5.10 Å². The number of anilines is 1. The minimum atomic E-state index is -1.01. The van der Waals surface area contributed by atoms with Gasteiger partial charge in [0.15, 0.2) is 0 Å². The number of para-hydroxylation sites is 2. The molecule has 8 nitrogen and oxygen atoms in total. The SMILES string of the molecule is Nc1nc2ccccc2n1CCc1cccc(-c2ccc(=O)n(Cc3cccc(C(=O)O)c3)n2)c1.[LiH]. The van der Waals surface area contributed by atoms with Gasteiger partial charge in [-0.25, -0.2) is 14.5 Å². The predicted molar refractivity (Wildman–Crippen MR) is 141 cm³/mol. The number of aryl methyl sites for hydroxylation is 2. The van der Waals surface area contributed by atoms with Gasteiger partial charge in [0.05, 0.1) is 28.8 Å². The van der Waals surface area contributed by atoms with E-state index in [1.807, 2.05) is 47.0 Å². The zero-order valence-corrected chi connectivity index (χ0v) is 18.8. The topological polar surface area (TPSA) is 116 Å². The summed E-state index contributed by atoms with van der Waals surface area (Å²) in [6, 6.07) is 25.6. The van der Waals surface area contributed by atoms with E-state index in [2.05, 4.69) is 16.1 Å². The Kier molecular flexibility index (Phi) is 7.39.